The van der Waals surface area contributed by atoms with E-state index < -0.39 is 5.82 Å². The van der Waals surface area contributed by atoms with Crippen molar-refractivity contribution >= 4 is 10.9 Å². The van der Waals surface area contributed by atoms with Crippen LogP contribution in [0.25, 0.3) is 22.3 Å². The summed E-state index contributed by atoms with van der Waals surface area (Å²) in [6.45, 7) is 3.91. The van der Waals surface area contributed by atoms with Crippen molar-refractivity contribution in [3.63, 3.8) is 0 Å². The van der Waals surface area contributed by atoms with Crippen LogP contribution in [0, 0.1) is 5.82 Å². The first-order valence-corrected chi connectivity index (χ1v) is 9.74. The van der Waals surface area contributed by atoms with Crippen molar-refractivity contribution in [2.75, 3.05) is 26.2 Å². The van der Waals surface area contributed by atoms with Gasteiger partial charge >= 0.3 is 0 Å². The number of hydrogen-bond acceptors (Lipinski definition) is 4. The molecule has 1 aliphatic rings. The van der Waals surface area contributed by atoms with Gasteiger partial charge in [-0.3, -0.25) is 9.36 Å². The standard InChI is InChI=1S/C22H24FN3O2/c1-25-21(24-20-8-3-2-7-18(20)22(25)27)17-10-9-16(15-19(17)23)28-14-6-13-26-11-4-5-12-26/h2-3,7-10,15H,4-6,11-14H2,1H3. The minimum Gasteiger partial charge on any atom is -0.493 e. The van der Waals surface area contributed by atoms with Crippen molar-refractivity contribution in [3.05, 3.63) is 58.6 Å². The molecule has 6 heteroatoms. The molecular formula is C22H24FN3O2. The van der Waals surface area contributed by atoms with E-state index in [0.29, 0.717) is 29.1 Å². The van der Waals surface area contributed by atoms with E-state index in [1.807, 2.05) is 6.07 Å². The Balaban J connectivity index is 1.51. The molecule has 0 radical (unpaired) electrons. The highest BCUT2D eigenvalue weighted by Crippen LogP contribution is 2.25. The van der Waals surface area contributed by atoms with Gasteiger partial charge in [0.2, 0.25) is 0 Å². The van der Waals surface area contributed by atoms with Gasteiger partial charge in [-0.05, 0) is 56.6 Å². The van der Waals surface area contributed by atoms with Crippen LogP contribution >= 0.6 is 0 Å². The van der Waals surface area contributed by atoms with Gasteiger partial charge in [-0.1, -0.05) is 12.1 Å². The lowest BCUT2D eigenvalue weighted by atomic mass is 10.1. The van der Waals surface area contributed by atoms with E-state index in [1.165, 1.54) is 36.6 Å². The Hall–Kier alpha value is -2.73. The number of benzene rings is 2. The van der Waals surface area contributed by atoms with Crippen molar-refractivity contribution in [2.45, 2.75) is 19.3 Å². The minimum absolute atomic E-state index is 0.192. The third-order valence-corrected chi connectivity index (χ3v) is 5.25. The van der Waals surface area contributed by atoms with E-state index in [-0.39, 0.29) is 11.1 Å². The molecule has 3 aromatic rings. The van der Waals surface area contributed by atoms with Crippen molar-refractivity contribution < 1.29 is 9.13 Å². The molecule has 2 aromatic carbocycles. The second-order valence-corrected chi connectivity index (χ2v) is 7.21. The normalized spacial score (nSPS) is 14.6. The Morgan fingerprint density at radius 2 is 1.93 bits per heavy atom. The molecule has 28 heavy (non-hydrogen) atoms. The maximum Gasteiger partial charge on any atom is 0.261 e. The highest BCUT2D eigenvalue weighted by molar-refractivity contribution is 5.79. The second kappa shape index (κ2) is 8.10. The third-order valence-electron chi connectivity index (χ3n) is 5.25. The van der Waals surface area contributed by atoms with Crippen LogP contribution in [-0.4, -0.2) is 40.7 Å². The first kappa shape index (κ1) is 18.6. The zero-order valence-corrected chi connectivity index (χ0v) is 16.0. The summed E-state index contributed by atoms with van der Waals surface area (Å²) in [4.78, 5) is 19.5. The summed E-state index contributed by atoms with van der Waals surface area (Å²) in [5.41, 5.74) is 0.652. The summed E-state index contributed by atoms with van der Waals surface area (Å²) < 4.78 is 21.9. The van der Waals surface area contributed by atoms with Gasteiger partial charge in [-0.2, -0.15) is 0 Å². The SMILES string of the molecule is Cn1c(-c2ccc(OCCCN3CCCC3)cc2F)nc2ccccc2c1=O. The molecule has 0 saturated carbocycles. The highest BCUT2D eigenvalue weighted by atomic mass is 19.1. The number of aromatic nitrogens is 2. The Labute approximate surface area is 163 Å². The molecule has 1 saturated heterocycles. The van der Waals surface area contributed by atoms with E-state index in [2.05, 4.69) is 9.88 Å². The van der Waals surface area contributed by atoms with Crippen molar-refractivity contribution in [2.24, 2.45) is 7.05 Å². The van der Waals surface area contributed by atoms with Crippen LogP contribution < -0.4 is 10.3 Å². The summed E-state index contributed by atoms with van der Waals surface area (Å²) in [7, 11) is 1.61. The molecule has 0 amide bonds. The van der Waals surface area contributed by atoms with Gasteiger partial charge in [0.1, 0.15) is 17.4 Å². The maximum atomic E-state index is 14.8. The van der Waals surface area contributed by atoms with E-state index >= 15 is 0 Å². The molecule has 0 spiro atoms. The number of ether oxygens (including phenoxy) is 1. The minimum atomic E-state index is -0.449. The number of halogens is 1. The van der Waals surface area contributed by atoms with Gasteiger partial charge < -0.3 is 9.64 Å². The summed E-state index contributed by atoms with van der Waals surface area (Å²) in [6, 6.07) is 11.8. The van der Waals surface area contributed by atoms with Crippen LogP contribution in [0.2, 0.25) is 0 Å². The number of fused-ring (bicyclic) bond motifs is 1. The Bertz CT molecular complexity index is 1040. The van der Waals surface area contributed by atoms with Gasteiger partial charge in [-0.15, -0.1) is 0 Å². The average molecular weight is 381 g/mol. The van der Waals surface area contributed by atoms with Crippen molar-refractivity contribution in [1.82, 2.24) is 14.5 Å². The fraction of sp³-hybridized carbons (Fsp3) is 0.364. The first-order valence-electron chi connectivity index (χ1n) is 9.74. The molecule has 0 N–H and O–H groups in total. The Kier molecular flexibility index (Phi) is 5.39. The predicted octanol–water partition coefficient (Wildman–Crippen LogP) is 3.60. The number of rotatable bonds is 6. The zero-order chi connectivity index (χ0) is 19.5. The number of likely N-dealkylation sites (tertiary alicyclic amines) is 1. The molecule has 4 rings (SSSR count). The van der Waals surface area contributed by atoms with E-state index in [9.17, 15) is 9.18 Å². The summed E-state index contributed by atoms with van der Waals surface area (Å²) in [5.74, 6) is 0.352. The van der Waals surface area contributed by atoms with Crippen LogP contribution in [0.4, 0.5) is 4.39 Å². The smallest absolute Gasteiger partial charge is 0.261 e. The lowest BCUT2D eigenvalue weighted by Gasteiger charge is -2.15. The van der Waals surface area contributed by atoms with Crippen LogP contribution in [0.5, 0.6) is 5.75 Å². The monoisotopic (exact) mass is 381 g/mol. The van der Waals surface area contributed by atoms with Crippen LogP contribution in [0.15, 0.2) is 47.3 Å². The van der Waals surface area contributed by atoms with Crippen LogP contribution in [0.1, 0.15) is 19.3 Å². The molecule has 2 heterocycles. The van der Waals surface area contributed by atoms with Crippen molar-refractivity contribution in [3.8, 4) is 17.1 Å². The number of nitrogens with zero attached hydrogens (tertiary/aromatic N) is 3. The second-order valence-electron chi connectivity index (χ2n) is 7.21. The molecule has 1 aromatic heterocycles. The van der Waals surface area contributed by atoms with E-state index in [1.54, 1.807) is 37.4 Å². The number of hydrogen-bond donors (Lipinski definition) is 0. The topological polar surface area (TPSA) is 47.4 Å². The van der Waals surface area contributed by atoms with Gasteiger partial charge in [0.15, 0.2) is 0 Å². The molecule has 0 atom stereocenters. The van der Waals surface area contributed by atoms with Gasteiger partial charge in [-0.25, -0.2) is 9.37 Å². The summed E-state index contributed by atoms with van der Waals surface area (Å²) >= 11 is 0. The Morgan fingerprint density at radius 3 is 2.71 bits per heavy atom. The fourth-order valence-corrected chi connectivity index (χ4v) is 3.71. The van der Waals surface area contributed by atoms with E-state index in [4.69, 9.17) is 4.74 Å². The molecular weight excluding hydrogens is 357 g/mol. The summed E-state index contributed by atoms with van der Waals surface area (Å²) in [5, 5.41) is 0.520. The Morgan fingerprint density at radius 1 is 1.14 bits per heavy atom. The predicted molar refractivity (Wildman–Crippen MR) is 108 cm³/mol. The first-order chi connectivity index (χ1) is 13.6. The maximum absolute atomic E-state index is 14.8. The van der Waals surface area contributed by atoms with Crippen LogP contribution in [-0.2, 0) is 7.05 Å². The quantitative estimate of drug-likeness (QED) is 0.612. The molecule has 1 fully saturated rings. The lowest BCUT2D eigenvalue weighted by Crippen LogP contribution is -2.22. The number of para-hydroxylation sites is 1. The lowest BCUT2D eigenvalue weighted by molar-refractivity contribution is 0.262. The zero-order valence-electron chi connectivity index (χ0n) is 16.0. The molecule has 0 aliphatic carbocycles. The fourth-order valence-electron chi connectivity index (χ4n) is 3.71. The average Bonchev–Trinajstić information content (AvgIpc) is 3.22. The molecule has 5 nitrogen and oxygen atoms in total. The van der Waals surface area contributed by atoms with Gasteiger partial charge in [0, 0.05) is 19.7 Å². The molecule has 146 valence electrons. The molecule has 0 bridgehead atoms. The van der Waals surface area contributed by atoms with E-state index in [0.717, 1.165) is 13.0 Å². The molecule has 1 aliphatic heterocycles. The highest BCUT2D eigenvalue weighted by Gasteiger charge is 2.15. The largest absolute Gasteiger partial charge is 0.493 e. The van der Waals surface area contributed by atoms with Crippen LogP contribution in [0.3, 0.4) is 0 Å². The van der Waals surface area contributed by atoms with Gasteiger partial charge in [0.25, 0.3) is 5.56 Å². The third kappa shape index (κ3) is 3.78. The summed E-state index contributed by atoms with van der Waals surface area (Å²) in [6.07, 6.45) is 3.47. The molecule has 0 unspecified atom stereocenters. The van der Waals surface area contributed by atoms with Gasteiger partial charge in [0.05, 0.1) is 23.1 Å². The van der Waals surface area contributed by atoms with Crippen molar-refractivity contribution in [1.29, 1.82) is 0 Å².